The van der Waals surface area contributed by atoms with E-state index in [2.05, 4.69) is 39.1 Å². The minimum atomic E-state index is -0.503. The number of allylic oxidation sites excluding steroid dienone is 1. The molecule has 2 atom stereocenters. The maximum atomic E-state index is 12.4. The average Bonchev–Trinajstić information content (AvgIpc) is 3.28. The Morgan fingerprint density at radius 1 is 1.12 bits per heavy atom. The highest BCUT2D eigenvalue weighted by Crippen LogP contribution is 2.32. The van der Waals surface area contributed by atoms with Crippen LogP contribution in [0.4, 0.5) is 10.5 Å². The predicted molar refractivity (Wildman–Crippen MR) is 123 cm³/mol. The molecule has 0 spiro atoms. The summed E-state index contributed by atoms with van der Waals surface area (Å²) in [5, 5.41) is 3.19. The lowest BCUT2D eigenvalue weighted by molar-refractivity contribution is -0.126. The minimum Gasteiger partial charge on any atom is -0.369 e. The highest BCUT2D eigenvalue weighted by molar-refractivity contribution is 6.30. The Morgan fingerprint density at radius 2 is 1.88 bits per heavy atom. The van der Waals surface area contributed by atoms with Crippen molar-refractivity contribution in [3.8, 4) is 0 Å². The molecule has 0 bridgehead atoms. The third-order valence-electron chi connectivity index (χ3n) is 6.79. The molecule has 0 aromatic heterocycles. The fourth-order valence-corrected chi connectivity index (χ4v) is 5.07. The first-order valence-electron chi connectivity index (χ1n) is 11.0. The standard InChI is InChI=1S/C22H28ClN7O2/c1-14-4-5-16(23)12-17(14)28-9-6-27(7-10-28)8-11-29-15(2)13-30-18-19(24-21(29)30)26(3)22(32)25-20(18)31/h4-5,12-13,18-19H,6-11H2,1-3H3,(H,25,31,32). The van der Waals surface area contributed by atoms with Crippen molar-refractivity contribution in [2.45, 2.75) is 26.1 Å². The van der Waals surface area contributed by atoms with E-state index in [0.29, 0.717) is 0 Å². The molecular formula is C22H28ClN7O2. The molecule has 0 aliphatic carbocycles. The summed E-state index contributed by atoms with van der Waals surface area (Å²) in [5.41, 5.74) is 3.52. The van der Waals surface area contributed by atoms with Crippen LogP contribution in [0.1, 0.15) is 12.5 Å². The zero-order chi connectivity index (χ0) is 22.6. The molecule has 32 heavy (non-hydrogen) atoms. The Labute approximate surface area is 192 Å². The van der Waals surface area contributed by atoms with Gasteiger partial charge < -0.3 is 19.6 Å². The number of aryl methyl sites for hydroxylation is 1. The number of aliphatic imine (C=N–C) groups is 1. The molecule has 1 aromatic rings. The molecule has 2 unspecified atom stereocenters. The molecule has 0 radical (unpaired) electrons. The number of fused-ring (bicyclic) bond motifs is 3. The number of guanidine groups is 1. The quantitative estimate of drug-likeness (QED) is 0.738. The van der Waals surface area contributed by atoms with Crippen molar-refractivity contribution in [1.29, 1.82) is 0 Å². The van der Waals surface area contributed by atoms with Crippen molar-refractivity contribution in [3.05, 3.63) is 40.7 Å². The first-order chi connectivity index (χ1) is 15.3. The highest BCUT2D eigenvalue weighted by atomic mass is 35.5. The van der Waals surface area contributed by atoms with E-state index in [4.69, 9.17) is 16.6 Å². The molecule has 2 fully saturated rings. The maximum absolute atomic E-state index is 12.4. The number of anilines is 1. The summed E-state index contributed by atoms with van der Waals surface area (Å²) in [5.74, 6) is 0.456. The maximum Gasteiger partial charge on any atom is 0.325 e. The first kappa shape index (κ1) is 21.1. The number of amides is 3. The molecule has 0 saturated carbocycles. The Balaban J connectivity index is 1.21. The van der Waals surface area contributed by atoms with E-state index in [9.17, 15) is 9.59 Å². The molecule has 4 heterocycles. The Morgan fingerprint density at radius 3 is 2.62 bits per heavy atom. The normalized spacial score (nSPS) is 25.6. The summed E-state index contributed by atoms with van der Waals surface area (Å²) >= 11 is 6.21. The van der Waals surface area contributed by atoms with E-state index < -0.39 is 18.2 Å². The summed E-state index contributed by atoms with van der Waals surface area (Å²) in [6, 6.07) is 5.16. The topological polar surface area (TPSA) is 74.7 Å². The molecule has 9 nitrogen and oxygen atoms in total. The van der Waals surface area contributed by atoms with Crippen LogP contribution in [-0.4, -0.2) is 96.0 Å². The van der Waals surface area contributed by atoms with Crippen molar-refractivity contribution in [1.82, 2.24) is 24.9 Å². The van der Waals surface area contributed by atoms with Crippen LogP contribution in [0.5, 0.6) is 0 Å². The second kappa shape index (κ2) is 7.97. The zero-order valence-electron chi connectivity index (χ0n) is 18.6. The Bertz CT molecular complexity index is 1020. The van der Waals surface area contributed by atoms with Gasteiger partial charge in [0.1, 0.15) is 0 Å². The summed E-state index contributed by atoms with van der Waals surface area (Å²) in [6.45, 7) is 9.71. The number of benzene rings is 1. The Kier molecular flexibility index (Phi) is 5.25. The largest absolute Gasteiger partial charge is 0.369 e. The SMILES string of the molecule is CC1=CN2C(=NC3C2C(=O)NC(=O)N3C)N1CCN1CCN(c2cc(Cl)ccc2C)CC1. The van der Waals surface area contributed by atoms with Crippen LogP contribution in [0.15, 0.2) is 35.1 Å². The van der Waals surface area contributed by atoms with E-state index in [-0.39, 0.29) is 5.91 Å². The van der Waals surface area contributed by atoms with Gasteiger partial charge in [-0.2, -0.15) is 0 Å². The van der Waals surface area contributed by atoms with Crippen molar-refractivity contribution >= 4 is 35.2 Å². The van der Waals surface area contributed by atoms with Gasteiger partial charge in [0, 0.05) is 68.9 Å². The summed E-state index contributed by atoms with van der Waals surface area (Å²) in [7, 11) is 1.67. The average molecular weight is 458 g/mol. The lowest BCUT2D eigenvalue weighted by Crippen LogP contribution is -2.62. The summed E-state index contributed by atoms with van der Waals surface area (Å²) < 4.78 is 0. The number of hydrogen-bond acceptors (Lipinski definition) is 7. The number of nitrogens with one attached hydrogen (secondary N) is 1. The van der Waals surface area contributed by atoms with Crippen molar-refractivity contribution in [2.24, 2.45) is 4.99 Å². The van der Waals surface area contributed by atoms with Crippen LogP contribution in [0.3, 0.4) is 0 Å². The lowest BCUT2D eigenvalue weighted by atomic mass is 10.1. The number of hydrogen-bond donors (Lipinski definition) is 1. The van der Waals surface area contributed by atoms with Gasteiger partial charge >= 0.3 is 6.03 Å². The van der Waals surface area contributed by atoms with E-state index in [0.717, 1.165) is 55.9 Å². The first-order valence-corrected chi connectivity index (χ1v) is 11.3. The van der Waals surface area contributed by atoms with Crippen LogP contribution in [0.2, 0.25) is 5.02 Å². The molecule has 170 valence electrons. The fraction of sp³-hybridized carbons (Fsp3) is 0.500. The number of carbonyl (C=O) groups is 2. The van der Waals surface area contributed by atoms with E-state index in [1.165, 1.54) is 16.2 Å². The number of likely N-dealkylation sites (N-methyl/N-ethyl adjacent to an activating group) is 1. The molecule has 10 heteroatoms. The van der Waals surface area contributed by atoms with Crippen LogP contribution in [0, 0.1) is 6.92 Å². The van der Waals surface area contributed by atoms with Crippen LogP contribution < -0.4 is 10.2 Å². The van der Waals surface area contributed by atoms with E-state index >= 15 is 0 Å². The number of halogens is 1. The van der Waals surface area contributed by atoms with Gasteiger partial charge in [-0.3, -0.25) is 15.0 Å². The second-order valence-corrected chi connectivity index (χ2v) is 9.22. The third kappa shape index (κ3) is 3.49. The second-order valence-electron chi connectivity index (χ2n) is 8.78. The Hall–Kier alpha value is -2.78. The van der Waals surface area contributed by atoms with Gasteiger partial charge in [-0.25, -0.2) is 9.79 Å². The number of nitrogens with zero attached hydrogens (tertiary/aromatic N) is 6. The molecule has 1 N–H and O–H groups in total. The molecule has 4 aliphatic rings. The summed E-state index contributed by atoms with van der Waals surface area (Å²) in [4.78, 5) is 39.6. The number of piperazine rings is 1. The van der Waals surface area contributed by atoms with Crippen molar-refractivity contribution in [3.63, 3.8) is 0 Å². The van der Waals surface area contributed by atoms with E-state index in [1.54, 1.807) is 7.05 Å². The van der Waals surface area contributed by atoms with Gasteiger partial charge in [-0.05, 0) is 31.5 Å². The fourth-order valence-electron chi connectivity index (χ4n) is 4.90. The van der Waals surface area contributed by atoms with Gasteiger partial charge in [0.2, 0.25) is 5.96 Å². The third-order valence-corrected chi connectivity index (χ3v) is 7.03. The van der Waals surface area contributed by atoms with E-state index in [1.807, 2.05) is 24.1 Å². The molecule has 2 saturated heterocycles. The smallest absolute Gasteiger partial charge is 0.325 e. The van der Waals surface area contributed by atoms with Gasteiger partial charge in [0.05, 0.1) is 0 Å². The van der Waals surface area contributed by atoms with Crippen LogP contribution >= 0.6 is 11.6 Å². The zero-order valence-corrected chi connectivity index (χ0v) is 19.3. The number of urea groups is 1. The van der Waals surface area contributed by atoms with Gasteiger partial charge in [0.15, 0.2) is 12.2 Å². The molecular weight excluding hydrogens is 430 g/mol. The molecule has 5 rings (SSSR count). The van der Waals surface area contributed by atoms with Gasteiger partial charge in [-0.15, -0.1) is 0 Å². The molecule has 3 amide bonds. The minimum absolute atomic E-state index is 0.296. The van der Waals surface area contributed by atoms with Gasteiger partial charge in [-0.1, -0.05) is 17.7 Å². The monoisotopic (exact) mass is 457 g/mol. The highest BCUT2D eigenvalue weighted by Gasteiger charge is 2.51. The van der Waals surface area contributed by atoms with Crippen molar-refractivity contribution in [2.75, 3.05) is 51.2 Å². The molecule has 1 aromatic carbocycles. The number of rotatable bonds is 4. The van der Waals surface area contributed by atoms with Crippen LogP contribution in [-0.2, 0) is 4.79 Å². The lowest BCUT2D eigenvalue weighted by Gasteiger charge is -2.37. The van der Waals surface area contributed by atoms with Crippen molar-refractivity contribution < 1.29 is 9.59 Å². The summed E-state index contributed by atoms with van der Waals surface area (Å²) in [6.07, 6.45) is 1.48. The van der Waals surface area contributed by atoms with Gasteiger partial charge in [0.25, 0.3) is 5.91 Å². The molecule has 4 aliphatic heterocycles. The predicted octanol–water partition coefficient (Wildman–Crippen LogP) is 1.50. The van der Waals surface area contributed by atoms with Crippen LogP contribution in [0.25, 0.3) is 0 Å². The number of carbonyl (C=O) groups excluding carboxylic acids is 2. The number of imide groups is 1.